The van der Waals surface area contributed by atoms with Crippen LogP contribution in [0.15, 0.2) is 54.6 Å². The van der Waals surface area contributed by atoms with Gasteiger partial charge in [-0.2, -0.15) is 0 Å². The van der Waals surface area contributed by atoms with Crippen molar-refractivity contribution in [3.63, 3.8) is 0 Å². The Bertz CT molecular complexity index is 823. The molecule has 7 nitrogen and oxygen atoms in total. The molecule has 0 bridgehead atoms. The average Bonchev–Trinajstić information content (AvgIpc) is 2.89. The quantitative estimate of drug-likeness (QED) is 0.838. The van der Waals surface area contributed by atoms with E-state index in [1.165, 1.54) is 4.90 Å². The molecule has 7 heteroatoms. The normalized spacial score (nSPS) is 13.9. The number of imide groups is 1. The SMILES string of the molecule is Cc1ccccc1CNC(=O)ON1C(=O)CN(Cc2ccccc2)C1=O. The molecule has 134 valence electrons. The standard InChI is InChI=1S/C19H19N3O4/c1-14-7-5-6-10-16(14)11-20-18(24)26-22-17(23)13-21(19(22)25)12-15-8-3-2-4-9-15/h2-10H,11-13H2,1H3,(H,20,24). The predicted octanol–water partition coefficient (Wildman–Crippen LogP) is 2.60. The number of benzene rings is 2. The summed E-state index contributed by atoms with van der Waals surface area (Å²) in [6.45, 7) is 2.32. The van der Waals surface area contributed by atoms with Crippen molar-refractivity contribution in [1.29, 1.82) is 0 Å². The zero-order valence-corrected chi connectivity index (χ0v) is 14.3. The summed E-state index contributed by atoms with van der Waals surface area (Å²) in [5.74, 6) is -0.572. The molecule has 4 amide bonds. The Balaban J connectivity index is 1.55. The van der Waals surface area contributed by atoms with Crippen molar-refractivity contribution in [3.8, 4) is 0 Å². The van der Waals surface area contributed by atoms with Gasteiger partial charge in [-0.3, -0.25) is 4.79 Å². The van der Waals surface area contributed by atoms with Crippen molar-refractivity contribution in [3.05, 3.63) is 71.3 Å². The van der Waals surface area contributed by atoms with Crippen LogP contribution in [0.5, 0.6) is 0 Å². The van der Waals surface area contributed by atoms with Crippen LogP contribution in [0.2, 0.25) is 0 Å². The Morgan fingerprint density at radius 1 is 1.08 bits per heavy atom. The van der Waals surface area contributed by atoms with E-state index in [9.17, 15) is 14.4 Å². The minimum absolute atomic E-state index is 0.126. The monoisotopic (exact) mass is 353 g/mol. The fraction of sp³-hybridized carbons (Fsp3) is 0.211. The third-order valence-corrected chi connectivity index (χ3v) is 4.07. The molecular weight excluding hydrogens is 334 g/mol. The van der Waals surface area contributed by atoms with Gasteiger partial charge in [-0.1, -0.05) is 59.7 Å². The first-order valence-corrected chi connectivity index (χ1v) is 8.20. The molecule has 1 heterocycles. The highest BCUT2D eigenvalue weighted by molar-refractivity contribution is 6.01. The highest BCUT2D eigenvalue weighted by atomic mass is 16.7. The maximum atomic E-state index is 12.3. The molecule has 1 aliphatic rings. The molecule has 0 unspecified atom stereocenters. The van der Waals surface area contributed by atoms with Gasteiger partial charge in [0.05, 0.1) is 0 Å². The second kappa shape index (κ2) is 7.69. The van der Waals surface area contributed by atoms with Crippen LogP contribution in [-0.2, 0) is 22.7 Å². The van der Waals surface area contributed by atoms with Gasteiger partial charge in [0.25, 0.3) is 5.91 Å². The van der Waals surface area contributed by atoms with Crippen molar-refractivity contribution >= 4 is 18.0 Å². The molecule has 0 spiro atoms. The Labute approximate surface area is 151 Å². The summed E-state index contributed by atoms with van der Waals surface area (Å²) in [7, 11) is 0. The molecule has 1 saturated heterocycles. The van der Waals surface area contributed by atoms with E-state index in [0.29, 0.717) is 5.06 Å². The van der Waals surface area contributed by atoms with E-state index in [2.05, 4.69) is 5.32 Å². The summed E-state index contributed by atoms with van der Waals surface area (Å²) in [5.41, 5.74) is 2.84. The third kappa shape index (κ3) is 4.00. The van der Waals surface area contributed by atoms with Crippen LogP contribution in [0.25, 0.3) is 0 Å². The van der Waals surface area contributed by atoms with Crippen LogP contribution in [0.4, 0.5) is 9.59 Å². The van der Waals surface area contributed by atoms with Gasteiger partial charge in [-0.05, 0) is 23.6 Å². The van der Waals surface area contributed by atoms with E-state index >= 15 is 0 Å². The maximum Gasteiger partial charge on any atom is 0.432 e. The van der Waals surface area contributed by atoms with Crippen molar-refractivity contribution < 1.29 is 19.2 Å². The van der Waals surface area contributed by atoms with Crippen molar-refractivity contribution in [2.75, 3.05) is 6.54 Å². The van der Waals surface area contributed by atoms with E-state index in [4.69, 9.17) is 4.84 Å². The Kier molecular flexibility index (Phi) is 5.17. The van der Waals surface area contributed by atoms with Gasteiger partial charge in [-0.25, -0.2) is 9.59 Å². The molecular formula is C19H19N3O4. The molecule has 0 radical (unpaired) electrons. The summed E-state index contributed by atoms with van der Waals surface area (Å²) in [6.07, 6.45) is -0.850. The van der Waals surface area contributed by atoms with Crippen molar-refractivity contribution in [2.24, 2.45) is 0 Å². The minimum atomic E-state index is -0.850. The number of hydroxylamine groups is 2. The topological polar surface area (TPSA) is 79.0 Å². The number of hydrogen-bond acceptors (Lipinski definition) is 4. The second-order valence-corrected chi connectivity index (χ2v) is 5.97. The second-order valence-electron chi connectivity index (χ2n) is 5.97. The lowest BCUT2D eigenvalue weighted by Crippen LogP contribution is -2.38. The van der Waals surface area contributed by atoms with E-state index in [0.717, 1.165) is 16.7 Å². The zero-order chi connectivity index (χ0) is 18.5. The van der Waals surface area contributed by atoms with Gasteiger partial charge in [0.15, 0.2) is 0 Å². The summed E-state index contributed by atoms with van der Waals surface area (Å²) in [4.78, 5) is 42.5. The van der Waals surface area contributed by atoms with Crippen LogP contribution < -0.4 is 5.32 Å². The molecule has 1 fully saturated rings. The van der Waals surface area contributed by atoms with Crippen molar-refractivity contribution in [1.82, 2.24) is 15.3 Å². The fourth-order valence-corrected chi connectivity index (χ4v) is 2.64. The number of aryl methyl sites for hydroxylation is 1. The van der Waals surface area contributed by atoms with Crippen LogP contribution in [-0.4, -0.2) is 34.5 Å². The number of amides is 4. The largest absolute Gasteiger partial charge is 0.432 e. The van der Waals surface area contributed by atoms with Crippen LogP contribution in [0.3, 0.4) is 0 Å². The van der Waals surface area contributed by atoms with Crippen LogP contribution >= 0.6 is 0 Å². The van der Waals surface area contributed by atoms with Gasteiger partial charge in [0.1, 0.15) is 6.54 Å². The number of carbonyl (C=O) groups is 3. The first-order valence-electron chi connectivity index (χ1n) is 8.20. The molecule has 0 atom stereocenters. The summed E-state index contributed by atoms with van der Waals surface area (Å²) in [6, 6.07) is 16.2. The highest BCUT2D eigenvalue weighted by Crippen LogP contribution is 2.15. The summed E-state index contributed by atoms with van der Waals surface area (Å²) >= 11 is 0. The lowest BCUT2D eigenvalue weighted by atomic mass is 10.1. The van der Waals surface area contributed by atoms with Gasteiger partial charge in [0, 0.05) is 13.1 Å². The smallest absolute Gasteiger partial charge is 0.316 e. The Hall–Kier alpha value is -3.35. The molecule has 1 N–H and O–H groups in total. The zero-order valence-electron chi connectivity index (χ0n) is 14.3. The van der Waals surface area contributed by atoms with E-state index in [-0.39, 0.29) is 19.6 Å². The maximum absolute atomic E-state index is 12.3. The first-order chi connectivity index (χ1) is 12.5. The summed E-state index contributed by atoms with van der Waals surface area (Å²) < 4.78 is 0. The number of rotatable bonds is 5. The highest BCUT2D eigenvalue weighted by Gasteiger charge is 2.39. The Morgan fingerprint density at radius 3 is 2.50 bits per heavy atom. The molecule has 0 aliphatic carbocycles. The van der Waals surface area contributed by atoms with Gasteiger partial charge >= 0.3 is 12.1 Å². The van der Waals surface area contributed by atoms with Gasteiger partial charge < -0.3 is 15.1 Å². The summed E-state index contributed by atoms with van der Waals surface area (Å²) in [5, 5.41) is 3.06. The van der Waals surface area contributed by atoms with E-state index in [1.54, 1.807) is 0 Å². The fourth-order valence-electron chi connectivity index (χ4n) is 2.64. The van der Waals surface area contributed by atoms with Gasteiger partial charge in [-0.15, -0.1) is 0 Å². The molecule has 2 aromatic carbocycles. The predicted molar refractivity (Wildman–Crippen MR) is 93.6 cm³/mol. The molecule has 2 aromatic rings. The lowest BCUT2D eigenvalue weighted by Gasteiger charge is -2.16. The number of hydrogen-bond donors (Lipinski definition) is 1. The van der Waals surface area contributed by atoms with Gasteiger partial charge in [0.2, 0.25) is 0 Å². The first kappa shape index (κ1) is 17.5. The number of urea groups is 1. The Morgan fingerprint density at radius 2 is 1.77 bits per heavy atom. The molecule has 0 saturated carbocycles. The molecule has 0 aromatic heterocycles. The third-order valence-electron chi connectivity index (χ3n) is 4.07. The van der Waals surface area contributed by atoms with Crippen LogP contribution in [0.1, 0.15) is 16.7 Å². The molecule has 3 rings (SSSR count). The molecule has 1 aliphatic heterocycles. The number of carbonyl (C=O) groups excluding carboxylic acids is 3. The van der Waals surface area contributed by atoms with E-state index in [1.807, 2.05) is 61.5 Å². The van der Waals surface area contributed by atoms with Crippen molar-refractivity contribution in [2.45, 2.75) is 20.0 Å². The minimum Gasteiger partial charge on any atom is -0.316 e. The van der Waals surface area contributed by atoms with E-state index < -0.39 is 18.0 Å². The lowest BCUT2D eigenvalue weighted by molar-refractivity contribution is -0.147. The van der Waals surface area contributed by atoms with Crippen LogP contribution in [0, 0.1) is 6.92 Å². The number of nitrogens with zero attached hydrogens (tertiary/aromatic N) is 2. The number of nitrogens with one attached hydrogen (secondary N) is 1. The average molecular weight is 353 g/mol. The molecule has 26 heavy (non-hydrogen) atoms.